The Kier molecular flexibility index (Phi) is 6.11. The molecule has 0 heterocycles. The number of hydrogen-bond acceptors (Lipinski definition) is 2. The van der Waals surface area contributed by atoms with Gasteiger partial charge in [0.05, 0.1) is 11.1 Å². The normalized spacial score (nSPS) is 11.5. The lowest BCUT2D eigenvalue weighted by Crippen LogP contribution is -2.11. The van der Waals surface area contributed by atoms with Gasteiger partial charge in [0.1, 0.15) is 5.69 Å². The molecule has 0 aliphatic heterocycles. The van der Waals surface area contributed by atoms with Crippen molar-refractivity contribution >= 4 is 5.69 Å². The maximum absolute atomic E-state index is 13.0. The standard InChI is InChI=1S/C14H7F6NO.C2H6/c15-13(16,17)9-3-6-12(14(18,19)20)11(7-9)8-1-4-10(21-22)5-2-8;1-2/h1-7H;1-2H3. The highest BCUT2D eigenvalue weighted by atomic mass is 19.4. The number of alkyl halides is 6. The van der Waals surface area contributed by atoms with Gasteiger partial charge in [0.15, 0.2) is 0 Å². The van der Waals surface area contributed by atoms with E-state index in [0.29, 0.717) is 18.2 Å². The summed E-state index contributed by atoms with van der Waals surface area (Å²) in [6.07, 6.45) is -9.57. The van der Waals surface area contributed by atoms with Crippen LogP contribution >= 0.6 is 0 Å². The molecular formula is C16H13F6NO. The second kappa shape index (κ2) is 7.46. The Balaban J connectivity index is 0.00000139. The van der Waals surface area contributed by atoms with Crippen molar-refractivity contribution in [2.24, 2.45) is 5.18 Å². The smallest absolute Gasteiger partial charge is 0.166 e. The number of nitroso groups, excluding NO2 is 1. The molecule has 0 aromatic heterocycles. The summed E-state index contributed by atoms with van der Waals surface area (Å²) in [7, 11) is 0. The molecule has 0 radical (unpaired) electrons. The van der Waals surface area contributed by atoms with Crippen molar-refractivity contribution in [3.63, 3.8) is 0 Å². The molecule has 0 aliphatic rings. The second-order valence-corrected chi connectivity index (χ2v) is 4.39. The van der Waals surface area contributed by atoms with Gasteiger partial charge in [-0.05, 0) is 46.6 Å². The van der Waals surface area contributed by atoms with Crippen LogP contribution in [-0.4, -0.2) is 0 Å². The molecule has 0 aliphatic carbocycles. The Hall–Kier alpha value is -2.38. The summed E-state index contributed by atoms with van der Waals surface area (Å²) in [6, 6.07) is 5.69. The molecule has 24 heavy (non-hydrogen) atoms. The van der Waals surface area contributed by atoms with Crippen LogP contribution in [0.3, 0.4) is 0 Å². The van der Waals surface area contributed by atoms with Gasteiger partial charge in [0.25, 0.3) is 0 Å². The third kappa shape index (κ3) is 4.56. The highest BCUT2D eigenvalue weighted by molar-refractivity contribution is 5.70. The van der Waals surface area contributed by atoms with Crippen LogP contribution in [0.25, 0.3) is 11.1 Å². The fourth-order valence-electron chi connectivity index (χ4n) is 1.91. The molecule has 0 fully saturated rings. The third-order valence-corrected chi connectivity index (χ3v) is 2.94. The quantitative estimate of drug-likeness (QED) is 0.432. The van der Waals surface area contributed by atoms with Crippen LogP contribution in [0.1, 0.15) is 25.0 Å². The first-order chi connectivity index (χ1) is 11.1. The molecule has 0 bridgehead atoms. The minimum atomic E-state index is -4.80. The molecule has 2 rings (SSSR count). The van der Waals surface area contributed by atoms with Crippen LogP contribution in [0.15, 0.2) is 47.6 Å². The van der Waals surface area contributed by atoms with Crippen molar-refractivity contribution in [2.45, 2.75) is 26.2 Å². The fourth-order valence-corrected chi connectivity index (χ4v) is 1.91. The SMILES string of the molecule is CC.O=Nc1ccc(-c2cc(C(F)(F)F)ccc2C(F)(F)F)cc1. The van der Waals surface area contributed by atoms with Crippen LogP contribution in [0.4, 0.5) is 32.0 Å². The predicted molar refractivity (Wildman–Crippen MR) is 78.7 cm³/mol. The van der Waals surface area contributed by atoms with Crippen LogP contribution in [0.5, 0.6) is 0 Å². The molecule has 0 spiro atoms. The highest BCUT2D eigenvalue weighted by Gasteiger charge is 2.37. The van der Waals surface area contributed by atoms with Crippen molar-refractivity contribution in [1.82, 2.24) is 0 Å². The zero-order chi connectivity index (χ0) is 18.5. The Labute approximate surface area is 134 Å². The lowest BCUT2D eigenvalue weighted by molar-refractivity contribution is -0.141. The number of halogens is 6. The van der Waals surface area contributed by atoms with Crippen molar-refractivity contribution in [1.29, 1.82) is 0 Å². The monoisotopic (exact) mass is 349 g/mol. The van der Waals surface area contributed by atoms with E-state index in [1.165, 1.54) is 0 Å². The van der Waals surface area contributed by atoms with Gasteiger partial charge in [0.2, 0.25) is 0 Å². The summed E-state index contributed by atoms with van der Waals surface area (Å²) in [6.45, 7) is 4.00. The molecule has 0 amide bonds. The van der Waals surface area contributed by atoms with Crippen LogP contribution < -0.4 is 0 Å². The third-order valence-electron chi connectivity index (χ3n) is 2.94. The molecule has 2 nitrogen and oxygen atoms in total. The van der Waals surface area contributed by atoms with Crippen molar-refractivity contribution < 1.29 is 26.3 Å². The molecule has 0 atom stereocenters. The van der Waals surface area contributed by atoms with Crippen LogP contribution in [0.2, 0.25) is 0 Å². The Morgan fingerprint density at radius 1 is 0.792 bits per heavy atom. The Morgan fingerprint density at radius 2 is 1.33 bits per heavy atom. The summed E-state index contributed by atoms with van der Waals surface area (Å²) in [5.74, 6) is 0. The van der Waals surface area contributed by atoms with Crippen molar-refractivity contribution in [3.8, 4) is 11.1 Å². The topological polar surface area (TPSA) is 29.4 Å². The zero-order valence-electron chi connectivity index (χ0n) is 12.7. The molecule has 0 N–H and O–H groups in total. The zero-order valence-corrected chi connectivity index (χ0v) is 12.7. The van der Waals surface area contributed by atoms with Crippen molar-refractivity contribution in [2.75, 3.05) is 0 Å². The van der Waals surface area contributed by atoms with E-state index in [4.69, 9.17) is 0 Å². The molecular weight excluding hydrogens is 336 g/mol. The minimum Gasteiger partial charge on any atom is -0.166 e. The Morgan fingerprint density at radius 3 is 1.75 bits per heavy atom. The van der Waals surface area contributed by atoms with Gasteiger partial charge in [-0.1, -0.05) is 26.0 Å². The summed E-state index contributed by atoms with van der Waals surface area (Å²) in [5.41, 5.74) is -3.12. The average molecular weight is 349 g/mol. The first-order valence-corrected chi connectivity index (χ1v) is 6.85. The molecule has 8 heteroatoms. The molecule has 0 saturated heterocycles. The van der Waals surface area contributed by atoms with Gasteiger partial charge in [0, 0.05) is 0 Å². The van der Waals surface area contributed by atoms with E-state index in [2.05, 4.69) is 5.18 Å². The van der Waals surface area contributed by atoms with Crippen LogP contribution in [-0.2, 0) is 12.4 Å². The first-order valence-electron chi connectivity index (χ1n) is 6.85. The number of nitrogens with zero attached hydrogens (tertiary/aromatic N) is 1. The van der Waals surface area contributed by atoms with E-state index in [-0.39, 0.29) is 11.3 Å². The van der Waals surface area contributed by atoms with E-state index in [1.54, 1.807) is 0 Å². The van der Waals surface area contributed by atoms with Gasteiger partial charge in [-0.3, -0.25) is 0 Å². The van der Waals surface area contributed by atoms with E-state index in [1.807, 2.05) is 13.8 Å². The van der Waals surface area contributed by atoms with Gasteiger partial charge in [-0.2, -0.15) is 26.3 Å². The summed E-state index contributed by atoms with van der Waals surface area (Å²) in [5, 5.41) is 2.58. The van der Waals surface area contributed by atoms with E-state index in [0.717, 1.165) is 24.3 Å². The predicted octanol–water partition coefficient (Wildman–Crippen LogP) is 6.82. The molecule has 2 aromatic rings. The molecule has 0 unspecified atom stereocenters. The van der Waals surface area contributed by atoms with Gasteiger partial charge in [-0.25, -0.2) is 0 Å². The maximum Gasteiger partial charge on any atom is 0.417 e. The summed E-state index contributed by atoms with van der Waals surface area (Å²) in [4.78, 5) is 10.3. The molecule has 0 saturated carbocycles. The molecule has 130 valence electrons. The number of hydrogen-bond donors (Lipinski definition) is 0. The lowest BCUT2D eigenvalue weighted by Gasteiger charge is -2.16. The van der Waals surface area contributed by atoms with Gasteiger partial charge >= 0.3 is 12.4 Å². The summed E-state index contributed by atoms with van der Waals surface area (Å²) >= 11 is 0. The number of rotatable bonds is 2. The van der Waals surface area contributed by atoms with E-state index >= 15 is 0 Å². The Bertz CT molecular complexity index is 689. The van der Waals surface area contributed by atoms with Crippen molar-refractivity contribution in [3.05, 3.63) is 58.5 Å². The fraction of sp³-hybridized carbons (Fsp3) is 0.250. The largest absolute Gasteiger partial charge is 0.417 e. The minimum absolute atomic E-state index is 0.0377. The maximum atomic E-state index is 13.0. The summed E-state index contributed by atoms with van der Waals surface area (Å²) < 4.78 is 77.0. The van der Waals surface area contributed by atoms with Crippen LogP contribution in [0, 0.1) is 4.91 Å². The molecule has 2 aromatic carbocycles. The van der Waals surface area contributed by atoms with E-state index < -0.39 is 29.0 Å². The highest BCUT2D eigenvalue weighted by Crippen LogP contribution is 2.40. The number of benzene rings is 2. The van der Waals surface area contributed by atoms with E-state index in [9.17, 15) is 31.2 Å². The average Bonchev–Trinajstić information content (AvgIpc) is 2.54. The first kappa shape index (κ1) is 19.7. The van der Waals surface area contributed by atoms with Gasteiger partial charge < -0.3 is 0 Å². The lowest BCUT2D eigenvalue weighted by atomic mass is 9.96. The second-order valence-electron chi connectivity index (χ2n) is 4.39. The van der Waals surface area contributed by atoms with Gasteiger partial charge in [-0.15, -0.1) is 4.91 Å².